The number of halogens is 1. The van der Waals surface area contributed by atoms with Crippen LogP contribution in [0, 0.1) is 25.7 Å². The first-order chi connectivity index (χ1) is 11.1. The number of aliphatic imine (C=N–C) groups is 1. The molecule has 4 heterocycles. The van der Waals surface area contributed by atoms with Gasteiger partial charge in [-0.25, -0.2) is 0 Å². The van der Waals surface area contributed by atoms with Crippen LogP contribution in [0.25, 0.3) is 0 Å². The van der Waals surface area contributed by atoms with Crippen molar-refractivity contribution in [3.63, 3.8) is 0 Å². The van der Waals surface area contributed by atoms with Crippen LogP contribution in [-0.2, 0) is 18.3 Å². The average molecular weight is 445 g/mol. The Morgan fingerprint density at radius 2 is 1.88 bits per heavy atom. The summed E-state index contributed by atoms with van der Waals surface area (Å²) in [6.45, 7) is 7.14. The molecular formula is C17H28IN5O. The lowest BCUT2D eigenvalue weighted by atomic mass is 9.82. The third kappa shape index (κ3) is 2.83. The molecule has 3 aliphatic heterocycles. The Kier molecular flexibility index (Phi) is 5.11. The Morgan fingerprint density at radius 1 is 1.25 bits per heavy atom. The summed E-state index contributed by atoms with van der Waals surface area (Å²) in [5, 5.41) is 8.04. The number of aryl methyl sites for hydroxylation is 2. The summed E-state index contributed by atoms with van der Waals surface area (Å²) in [6.07, 6.45) is 3.49. The molecule has 3 saturated heterocycles. The van der Waals surface area contributed by atoms with E-state index in [4.69, 9.17) is 4.74 Å². The molecule has 4 unspecified atom stereocenters. The quantitative estimate of drug-likeness (QED) is 0.429. The summed E-state index contributed by atoms with van der Waals surface area (Å²) in [5.41, 5.74) is 3.59. The van der Waals surface area contributed by atoms with Crippen LogP contribution in [-0.4, -0.2) is 53.0 Å². The molecule has 0 aliphatic carbocycles. The van der Waals surface area contributed by atoms with Gasteiger partial charge in [0.1, 0.15) is 0 Å². The van der Waals surface area contributed by atoms with E-state index in [0.29, 0.717) is 24.0 Å². The summed E-state index contributed by atoms with van der Waals surface area (Å²) < 4.78 is 8.02. The van der Waals surface area contributed by atoms with Crippen molar-refractivity contribution in [3.8, 4) is 0 Å². The van der Waals surface area contributed by atoms with Gasteiger partial charge in [0.15, 0.2) is 5.96 Å². The molecule has 134 valence electrons. The zero-order chi connectivity index (χ0) is 16.1. The second kappa shape index (κ2) is 6.82. The molecule has 0 aromatic carbocycles. The largest absolute Gasteiger partial charge is 0.374 e. The van der Waals surface area contributed by atoms with Crippen molar-refractivity contribution in [2.24, 2.45) is 23.9 Å². The SMILES string of the molecule is CN=C(NCc1c(C)nn(C)c1C)N1CC2C3CCC(O3)C2C1.I. The molecule has 4 rings (SSSR count). The standard InChI is InChI=1S/C17H27N5O.HI/c1-10-12(11(2)21(4)20-10)7-19-17(18-3)22-8-13-14(9-22)16-6-5-15(13)23-16;/h13-16H,5-9H2,1-4H3,(H,18,19);1H. The van der Waals surface area contributed by atoms with Crippen LogP contribution in [0.2, 0.25) is 0 Å². The fourth-order valence-electron chi connectivity index (χ4n) is 4.71. The lowest BCUT2D eigenvalue weighted by molar-refractivity contribution is 0.0767. The first kappa shape index (κ1) is 18.0. The van der Waals surface area contributed by atoms with Gasteiger partial charge in [-0.15, -0.1) is 24.0 Å². The number of fused-ring (bicyclic) bond motifs is 5. The highest BCUT2D eigenvalue weighted by Gasteiger charge is 2.53. The molecule has 0 amide bonds. The molecule has 4 atom stereocenters. The van der Waals surface area contributed by atoms with E-state index in [9.17, 15) is 0 Å². The topological polar surface area (TPSA) is 54.7 Å². The molecule has 3 aliphatic rings. The minimum absolute atomic E-state index is 0. The molecule has 2 bridgehead atoms. The van der Waals surface area contributed by atoms with Gasteiger partial charge in [-0.3, -0.25) is 9.67 Å². The Bertz CT molecular complexity index is 625. The molecule has 7 heteroatoms. The van der Waals surface area contributed by atoms with Gasteiger partial charge in [0.2, 0.25) is 0 Å². The maximum absolute atomic E-state index is 6.07. The smallest absolute Gasteiger partial charge is 0.193 e. The fourth-order valence-corrected chi connectivity index (χ4v) is 4.71. The number of guanidine groups is 1. The van der Waals surface area contributed by atoms with E-state index in [0.717, 1.165) is 31.3 Å². The summed E-state index contributed by atoms with van der Waals surface area (Å²) in [6, 6.07) is 0. The number of ether oxygens (including phenoxy) is 1. The molecule has 0 spiro atoms. The second-order valence-corrected chi connectivity index (χ2v) is 7.20. The molecular weight excluding hydrogens is 417 g/mol. The number of likely N-dealkylation sites (tertiary alicyclic amines) is 1. The van der Waals surface area contributed by atoms with Crippen LogP contribution >= 0.6 is 24.0 Å². The summed E-state index contributed by atoms with van der Waals surface area (Å²) in [4.78, 5) is 6.93. The minimum atomic E-state index is 0. The normalized spacial score (nSPS) is 31.3. The van der Waals surface area contributed by atoms with Gasteiger partial charge >= 0.3 is 0 Å². The predicted molar refractivity (Wildman–Crippen MR) is 105 cm³/mol. The summed E-state index contributed by atoms with van der Waals surface area (Å²) in [7, 11) is 3.88. The third-order valence-corrected chi connectivity index (χ3v) is 6.05. The van der Waals surface area contributed by atoms with Crippen LogP contribution in [0.15, 0.2) is 4.99 Å². The minimum Gasteiger partial charge on any atom is -0.374 e. The van der Waals surface area contributed by atoms with Crippen molar-refractivity contribution in [1.82, 2.24) is 20.0 Å². The van der Waals surface area contributed by atoms with Gasteiger partial charge in [0.25, 0.3) is 0 Å². The molecule has 0 radical (unpaired) electrons. The van der Waals surface area contributed by atoms with Gasteiger partial charge in [-0.1, -0.05) is 0 Å². The monoisotopic (exact) mass is 445 g/mol. The van der Waals surface area contributed by atoms with Crippen LogP contribution < -0.4 is 5.32 Å². The molecule has 6 nitrogen and oxygen atoms in total. The van der Waals surface area contributed by atoms with Crippen LogP contribution in [0.5, 0.6) is 0 Å². The van der Waals surface area contributed by atoms with Crippen LogP contribution in [0.3, 0.4) is 0 Å². The number of hydrogen-bond donors (Lipinski definition) is 1. The zero-order valence-corrected chi connectivity index (χ0v) is 17.3. The van der Waals surface area contributed by atoms with E-state index in [1.807, 2.05) is 18.8 Å². The first-order valence-corrected chi connectivity index (χ1v) is 8.68. The van der Waals surface area contributed by atoms with Gasteiger partial charge in [0, 0.05) is 56.8 Å². The molecule has 1 aromatic rings. The van der Waals surface area contributed by atoms with Gasteiger partial charge < -0.3 is 15.0 Å². The highest BCUT2D eigenvalue weighted by atomic mass is 127. The van der Waals surface area contributed by atoms with E-state index < -0.39 is 0 Å². The van der Waals surface area contributed by atoms with E-state index >= 15 is 0 Å². The number of nitrogens with zero attached hydrogens (tertiary/aromatic N) is 4. The van der Waals surface area contributed by atoms with E-state index in [1.165, 1.54) is 24.1 Å². The first-order valence-electron chi connectivity index (χ1n) is 8.68. The van der Waals surface area contributed by atoms with E-state index in [2.05, 4.69) is 34.2 Å². The van der Waals surface area contributed by atoms with Crippen molar-refractivity contribution < 1.29 is 4.74 Å². The molecule has 1 aromatic heterocycles. The molecule has 1 N–H and O–H groups in total. The Hall–Kier alpha value is -0.830. The van der Waals surface area contributed by atoms with Gasteiger partial charge in [-0.05, 0) is 26.7 Å². The number of aromatic nitrogens is 2. The average Bonchev–Trinajstić information content (AvgIpc) is 3.25. The highest BCUT2D eigenvalue weighted by molar-refractivity contribution is 14.0. The van der Waals surface area contributed by atoms with Crippen molar-refractivity contribution >= 4 is 29.9 Å². The van der Waals surface area contributed by atoms with Crippen LogP contribution in [0.4, 0.5) is 0 Å². The fraction of sp³-hybridized carbons (Fsp3) is 0.765. The van der Waals surface area contributed by atoms with Gasteiger partial charge in [0.05, 0.1) is 17.9 Å². The third-order valence-electron chi connectivity index (χ3n) is 6.05. The predicted octanol–water partition coefficient (Wildman–Crippen LogP) is 1.84. The number of hydrogen-bond acceptors (Lipinski definition) is 3. The maximum Gasteiger partial charge on any atom is 0.193 e. The van der Waals surface area contributed by atoms with Crippen molar-refractivity contribution in [2.75, 3.05) is 20.1 Å². The molecule has 3 fully saturated rings. The van der Waals surface area contributed by atoms with Crippen molar-refractivity contribution in [2.45, 2.75) is 45.4 Å². The highest BCUT2D eigenvalue weighted by Crippen LogP contribution is 2.47. The Balaban J connectivity index is 0.00000169. The molecule has 0 saturated carbocycles. The maximum atomic E-state index is 6.07. The number of nitrogens with one attached hydrogen (secondary N) is 1. The van der Waals surface area contributed by atoms with E-state index in [1.54, 1.807) is 0 Å². The van der Waals surface area contributed by atoms with Gasteiger partial charge in [-0.2, -0.15) is 5.10 Å². The summed E-state index contributed by atoms with van der Waals surface area (Å²) >= 11 is 0. The van der Waals surface area contributed by atoms with Crippen molar-refractivity contribution in [3.05, 3.63) is 17.0 Å². The molecule has 24 heavy (non-hydrogen) atoms. The van der Waals surface area contributed by atoms with Crippen LogP contribution in [0.1, 0.15) is 29.8 Å². The Morgan fingerprint density at radius 3 is 2.38 bits per heavy atom. The summed E-state index contributed by atoms with van der Waals surface area (Å²) in [5.74, 6) is 2.42. The second-order valence-electron chi connectivity index (χ2n) is 7.20. The lowest BCUT2D eigenvalue weighted by Gasteiger charge is -2.23. The zero-order valence-electron chi connectivity index (χ0n) is 15.0. The van der Waals surface area contributed by atoms with E-state index in [-0.39, 0.29) is 24.0 Å². The number of rotatable bonds is 2. The lowest BCUT2D eigenvalue weighted by Crippen LogP contribution is -2.41. The van der Waals surface area contributed by atoms with Crippen molar-refractivity contribution in [1.29, 1.82) is 0 Å². The Labute approximate surface area is 161 Å².